The summed E-state index contributed by atoms with van der Waals surface area (Å²) in [5, 5.41) is 28.5. The van der Waals surface area contributed by atoms with Gasteiger partial charge in [0.25, 0.3) is 5.69 Å². The van der Waals surface area contributed by atoms with Gasteiger partial charge in [0.15, 0.2) is 0 Å². The van der Waals surface area contributed by atoms with E-state index in [1.807, 2.05) is 0 Å². The zero-order valence-corrected chi connectivity index (χ0v) is 7.96. The molecule has 6 heteroatoms. The average molecular weight is 212 g/mol. The van der Waals surface area contributed by atoms with Gasteiger partial charge < -0.3 is 15.9 Å². The van der Waals surface area contributed by atoms with Crippen molar-refractivity contribution in [2.45, 2.75) is 12.5 Å². The topological polar surface area (TPSA) is 110 Å². The number of rotatable bonds is 4. The molecule has 0 saturated heterocycles. The van der Waals surface area contributed by atoms with E-state index in [0.717, 1.165) is 0 Å². The molecule has 0 aliphatic rings. The molecule has 0 spiro atoms. The van der Waals surface area contributed by atoms with Gasteiger partial charge in [-0.2, -0.15) is 0 Å². The Bertz CT molecular complexity index is 367. The van der Waals surface area contributed by atoms with Gasteiger partial charge in [-0.3, -0.25) is 10.1 Å². The van der Waals surface area contributed by atoms with Crippen LogP contribution >= 0.6 is 0 Å². The maximum atomic E-state index is 10.6. The Balaban J connectivity index is 3.12. The summed E-state index contributed by atoms with van der Waals surface area (Å²) in [6.45, 7) is -0.159. The molecule has 82 valence electrons. The molecule has 0 aromatic heterocycles. The Labute approximate surface area is 86.1 Å². The van der Waals surface area contributed by atoms with E-state index in [4.69, 9.17) is 10.8 Å². The van der Waals surface area contributed by atoms with E-state index < -0.39 is 11.0 Å². The molecule has 6 nitrogen and oxygen atoms in total. The zero-order valence-electron chi connectivity index (χ0n) is 7.96. The number of phenolic OH excluding ortho intramolecular Hbond substituents is 1. The number of benzene rings is 1. The summed E-state index contributed by atoms with van der Waals surface area (Å²) in [5.74, 6) is -0.0796. The molecule has 4 N–H and O–H groups in total. The Morgan fingerprint density at radius 2 is 2.20 bits per heavy atom. The van der Waals surface area contributed by atoms with Crippen molar-refractivity contribution in [2.75, 3.05) is 6.61 Å². The Morgan fingerprint density at radius 1 is 1.53 bits per heavy atom. The van der Waals surface area contributed by atoms with E-state index >= 15 is 0 Å². The van der Waals surface area contributed by atoms with Crippen LogP contribution in [0.5, 0.6) is 5.75 Å². The second kappa shape index (κ2) is 4.72. The Hall–Kier alpha value is -1.66. The summed E-state index contributed by atoms with van der Waals surface area (Å²) in [5.41, 5.74) is 5.72. The van der Waals surface area contributed by atoms with Crippen LogP contribution < -0.4 is 5.73 Å². The van der Waals surface area contributed by atoms with Crippen molar-refractivity contribution >= 4 is 5.69 Å². The number of aromatic hydroxyl groups is 1. The third-order valence-electron chi connectivity index (χ3n) is 2.05. The molecule has 0 aliphatic heterocycles. The molecule has 1 aromatic rings. The highest BCUT2D eigenvalue weighted by molar-refractivity contribution is 5.46. The summed E-state index contributed by atoms with van der Waals surface area (Å²) < 4.78 is 0. The van der Waals surface area contributed by atoms with E-state index in [9.17, 15) is 15.2 Å². The number of nitro benzene ring substituents is 1. The minimum absolute atomic E-state index is 0.0796. The molecule has 0 fully saturated rings. The number of nitrogens with zero attached hydrogens (tertiary/aromatic N) is 1. The lowest BCUT2D eigenvalue weighted by Crippen LogP contribution is -2.13. The van der Waals surface area contributed by atoms with Gasteiger partial charge in [-0.1, -0.05) is 0 Å². The molecule has 0 amide bonds. The molecule has 0 heterocycles. The highest BCUT2D eigenvalue weighted by atomic mass is 16.6. The van der Waals surface area contributed by atoms with E-state index in [-0.39, 0.29) is 30.0 Å². The molecule has 0 aliphatic carbocycles. The molecular weight excluding hydrogens is 200 g/mol. The highest BCUT2D eigenvalue weighted by Crippen LogP contribution is 2.28. The van der Waals surface area contributed by atoms with Crippen LogP contribution in [0.3, 0.4) is 0 Å². The fraction of sp³-hybridized carbons (Fsp3) is 0.333. The first-order chi connectivity index (χ1) is 7.06. The van der Waals surface area contributed by atoms with Crippen LogP contribution in [-0.4, -0.2) is 21.7 Å². The molecule has 0 radical (unpaired) electrons. The predicted molar refractivity (Wildman–Crippen MR) is 53.4 cm³/mol. The maximum absolute atomic E-state index is 10.6. The van der Waals surface area contributed by atoms with Crippen LogP contribution in [0.1, 0.15) is 18.0 Å². The molecular formula is C9H12N2O4. The van der Waals surface area contributed by atoms with Crippen molar-refractivity contribution in [3.63, 3.8) is 0 Å². The third kappa shape index (κ3) is 2.64. The van der Waals surface area contributed by atoms with E-state index in [1.165, 1.54) is 18.2 Å². The van der Waals surface area contributed by atoms with Gasteiger partial charge in [0.2, 0.25) is 0 Å². The number of aliphatic hydroxyl groups excluding tert-OH is 1. The van der Waals surface area contributed by atoms with Crippen LogP contribution in [0.15, 0.2) is 18.2 Å². The summed E-state index contributed by atoms with van der Waals surface area (Å²) >= 11 is 0. The van der Waals surface area contributed by atoms with Crippen LogP contribution in [-0.2, 0) is 0 Å². The van der Waals surface area contributed by atoms with E-state index in [1.54, 1.807) is 0 Å². The first-order valence-electron chi connectivity index (χ1n) is 4.40. The van der Waals surface area contributed by atoms with E-state index in [0.29, 0.717) is 0 Å². The van der Waals surface area contributed by atoms with Crippen LogP contribution in [0.25, 0.3) is 0 Å². The quantitative estimate of drug-likeness (QED) is 0.502. The summed E-state index contributed by atoms with van der Waals surface area (Å²) in [6.07, 6.45) is 0.213. The Morgan fingerprint density at radius 3 is 2.73 bits per heavy atom. The van der Waals surface area contributed by atoms with Gasteiger partial charge in [-0.25, -0.2) is 0 Å². The highest BCUT2D eigenvalue weighted by Gasteiger charge is 2.19. The first kappa shape index (κ1) is 11.4. The second-order valence-electron chi connectivity index (χ2n) is 3.12. The molecule has 15 heavy (non-hydrogen) atoms. The van der Waals surface area contributed by atoms with Crippen molar-refractivity contribution in [3.8, 4) is 5.75 Å². The maximum Gasteiger partial charge on any atom is 0.274 e. The molecule has 0 bridgehead atoms. The zero-order chi connectivity index (χ0) is 11.4. The lowest BCUT2D eigenvalue weighted by molar-refractivity contribution is -0.385. The fourth-order valence-electron chi connectivity index (χ4n) is 1.30. The van der Waals surface area contributed by atoms with Crippen molar-refractivity contribution < 1.29 is 15.1 Å². The van der Waals surface area contributed by atoms with Gasteiger partial charge in [0.1, 0.15) is 5.75 Å². The molecule has 0 saturated carbocycles. The standard InChI is InChI=1S/C9H12N2O4/c10-8(3-4-12)7-5-6(13)1-2-9(7)11(14)15/h1-2,5,8,12-13H,3-4,10H2. The third-order valence-corrected chi connectivity index (χ3v) is 2.05. The number of aliphatic hydroxyl groups is 1. The van der Waals surface area contributed by atoms with Crippen molar-refractivity contribution in [1.82, 2.24) is 0 Å². The number of nitrogens with two attached hydrogens (primary N) is 1. The van der Waals surface area contributed by atoms with Crippen molar-refractivity contribution in [3.05, 3.63) is 33.9 Å². The summed E-state index contributed by atoms with van der Waals surface area (Å²) in [7, 11) is 0. The van der Waals surface area contributed by atoms with Gasteiger partial charge in [-0.15, -0.1) is 0 Å². The van der Waals surface area contributed by atoms with Crippen molar-refractivity contribution in [2.24, 2.45) is 5.73 Å². The van der Waals surface area contributed by atoms with Gasteiger partial charge in [0.05, 0.1) is 10.5 Å². The van der Waals surface area contributed by atoms with Gasteiger partial charge in [-0.05, 0) is 18.6 Å². The predicted octanol–water partition coefficient (Wildman–Crippen LogP) is 0.683. The van der Waals surface area contributed by atoms with Crippen LogP contribution in [0.4, 0.5) is 5.69 Å². The Kier molecular flexibility index (Phi) is 3.59. The number of hydrogen-bond donors (Lipinski definition) is 3. The summed E-state index contributed by atoms with van der Waals surface area (Å²) in [6, 6.07) is 3.02. The summed E-state index contributed by atoms with van der Waals surface area (Å²) in [4.78, 5) is 10.1. The number of hydrogen-bond acceptors (Lipinski definition) is 5. The van der Waals surface area contributed by atoms with E-state index in [2.05, 4.69) is 0 Å². The molecule has 1 rings (SSSR count). The minimum Gasteiger partial charge on any atom is -0.508 e. The van der Waals surface area contributed by atoms with Crippen molar-refractivity contribution in [1.29, 1.82) is 0 Å². The lowest BCUT2D eigenvalue weighted by Gasteiger charge is -2.10. The molecule has 1 aromatic carbocycles. The smallest absolute Gasteiger partial charge is 0.274 e. The normalized spacial score (nSPS) is 12.4. The minimum atomic E-state index is -0.650. The van der Waals surface area contributed by atoms with Gasteiger partial charge >= 0.3 is 0 Å². The lowest BCUT2D eigenvalue weighted by atomic mass is 10.0. The monoisotopic (exact) mass is 212 g/mol. The first-order valence-corrected chi connectivity index (χ1v) is 4.40. The average Bonchev–Trinajstić information content (AvgIpc) is 2.17. The van der Waals surface area contributed by atoms with Crippen LogP contribution in [0, 0.1) is 10.1 Å². The molecule has 1 atom stereocenters. The number of phenols is 1. The fourth-order valence-corrected chi connectivity index (χ4v) is 1.30. The SMILES string of the molecule is NC(CCO)c1cc(O)ccc1[N+](=O)[O-]. The second-order valence-corrected chi connectivity index (χ2v) is 3.12. The van der Waals surface area contributed by atoms with Crippen LogP contribution in [0.2, 0.25) is 0 Å². The van der Waals surface area contributed by atoms with Gasteiger partial charge in [0, 0.05) is 18.7 Å². The number of nitro groups is 1. The largest absolute Gasteiger partial charge is 0.508 e. The molecule has 1 unspecified atom stereocenters.